The minimum Gasteiger partial charge on any atom is -0.299 e. The Balaban J connectivity index is 2.16. The Kier molecular flexibility index (Phi) is 2.66. The molecule has 15 heavy (non-hydrogen) atoms. The van der Waals surface area contributed by atoms with Gasteiger partial charge in [0.1, 0.15) is 5.78 Å². The predicted molar refractivity (Wildman–Crippen MR) is 54.5 cm³/mol. The molecule has 80 valence electrons. The summed E-state index contributed by atoms with van der Waals surface area (Å²) in [5, 5.41) is 3.94. The molecule has 0 spiro atoms. The summed E-state index contributed by atoms with van der Waals surface area (Å²) in [6, 6.07) is 0. The van der Waals surface area contributed by atoms with Crippen LogP contribution in [0, 0.1) is 5.92 Å². The summed E-state index contributed by atoms with van der Waals surface area (Å²) in [5.41, 5.74) is 0.553. The molecule has 0 aromatic carbocycles. The molecule has 1 aliphatic rings. The van der Waals surface area contributed by atoms with Crippen molar-refractivity contribution in [2.75, 3.05) is 0 Å². The Morgan fingerprint density at radius 1 is 1.53 bits per heavy atom. The summed E-state index contributed by atoms with van der Waals surface area (Å²) >= 11 is 0. The Hall–Kier alpha value is -1.45. The van der Waals surface area contributed by atoms with E-state index in [-0.39, 0.29) is 11.6 Å². The summed E-state index contributed by atoms with van der Waals surface area (Å²) in [6.45, 7) is 0. The molecular formula is C11H14N2O2. The third-order valence-electron chi connectivity index (χ3n) is 2.86. The van der Waals surface area contributed by atoms with Crippen molar-refractivity contribution in [1.29, 1.82) is 0 Å². The van der Waals surface area contributed by atoms with E-state index >= 15 is 0 Å². The number of aromatic nitrogens is 2. The van der Waals surface area contributed by atoms with E-state index in [1.54, 1.807) is 17.9 Å². The van der Waals surface area contributed by atoms with Gasteiger partial charge in [-0.25, -0.2) is 0 Å². The number of ketones is 2. The van der Waals surface area contributed by atoms with Crippen molar-refractivity contribution in [3.8, 4) is 0 Å². The molecule has 2 rings (SSSR count). The first kappa shape index (κ1) is 10.1. The molecule has 1 fully saturated rings. The summed E-state index contributed by atoms with van der Waals surface area (Å²) in [6.07, 6.45) is 6.36. The van der Waals surface area contributed by atoms with Gasteiger partial charge in [0.15, 0.2) is 5.78 Å². The summed E-state index contributed by atoms with van der Waals surface area (Å²) in [7, 11) is 1.76. The molecule has 0 bridgehead atoms. The maximum Gasteiger partial charge on any atom is 0.176 e. The maximum atomic E-state index is 11.9. The number of hydrogen-bond acceptors (Lipinski definition) is 3. The first-order chi connectivity index (χ1) is 7.18. The van der Waals surface area contributed by atoms with Crippen molar-refractivity contribution >= 4 is 11.6 Å². The Bertz CT molecular complexity index is 395. The van der Waals surface area contributed by atoms with Gasteiger partial charge in [-0.1, -0.05) is 6.42 Å². The van der Waals surface area contributed by atoms with Crippen LogP contribution in [0.5, 0.6) is 0 Å². The number of carbonyl (C=O) groups excluding carboxylic acids is 2. The van der Waals surface area contributed by atoms with Crippen LogP contribution in [0.1, 0.15) is 36.0 Å². The second-order valence-corrected chi connectivity index (χ2v) is 4.03. The molecule has 1 saturated carbocycles. The van der Waals surface area contributed by atoms with Crippen LogP contribution in [-0.4, -0.2) is 21.3 Å². The number of carbonyl (C=O) groups is 2. The van der Waals surface area contributed by atoms with Crippen LogP contribution in [0.3, 0.4) is 0 Å². The van der Waals surface area contributed by atoms with Gasteiger partial charge in [-0.05, 0) is 12.8 Å². The number of rotatable bonds is 2. The molecule has 1 aromatic rings. The Morgan fingerprint density at radius 3 is 2.93 bits per heavy atom. The largest absolute Gasteiger partial charge is 0.299 e. The lowest BCUT2D eigenvalue weighted by Crippen LogP contribution is -2.27. The zero-order valence-corrected chi connectivity index (χ0v) is 8.77. The molecule has 1 aromatic heterocycles. The number of aryl methyl sites for hydroxylation is 1. The third kappa shape index (κ3) is 1.98. The van der Waals surface area contributed by atoms with Crippen molar-refractivity contribution in [3.63, 3.8) is 0 Å². The number of Topliss-reactive ketones (excluding diaryl/α,β-unsaturated/α-hetero) is 2. The molecule has 4 heteroatoms. The topological polar surface area (TPSA) is 52.0 Å². The molecule has 0 saturated heterocycles. The third-order valence-corrected chi connectivity index (χ3v) is 2.86. The Labute approximate surface area is 88.3 Å². The standard InChI is InChI=1S/C11H14N2O2/c1-13-7-8(6-12-13)11(15)9-4-2-3-5-10(9)14/h6-7,9H,2-5H2,1H3. The zero-order valence-electron chi connectivity index (χ0n) is 8.77. The fourth-order valence-electron chi connectivity index (χ4n) is 2.01. The van der Waals surface area contributed by atoms with Gasteiger partial charge in [-0.15, -0.1) is 0 Å². The van der Waals surface area contributed by atoms with E-state index in [0.717, 1.165) is 12.8 Å². The lowest BCUT2D eigenvalue weighted by molar-refractivity contribution is -0.122. The van der Waals surface area contributed by atoms with E-state index in [9.17, 15) is 9.59 Å². The average molecular weight is 206 g/mol. The van der Waals surface area contributed by atoms with Crippen molar-refractivity contribution in [2.45, 2.75) is 25.7 Å². The quantitative estimate of drug-likeness (QED) is 0.542. The van der Waals surface area contributed by atoms with E-state index < -0.39 is 5.92 Å². The van der Waals surface area contributed by atoms with E-state index in [0.29, 0.717) is 18.4 Å². The monoisotopic (exact) mass is 206 g/mol. The lowest BCUT2D eigenvalue weighted by atomic mass is 9.83. The molecule has 1 atom stereocenters. The maximum absolute atomic E-state index is 11.9. The van der Waals surface area contributed by atoms with Crippen LogP contribution in [0.15, 0.2) is 12.4 Å². The first-order valence-corrected chi connectivity index (χ1v) is 5.24. The van der Waals surface area contributed by atoms with Gasteiger partial charge in [0.2, 0.25) is 0 Å². The second kappa shape index (κ2) is 3.96. The lowest BCUT2D eigenvalue weighted by Gasteiger charge is -2.18. The summed E-state index contributed by atoms with van der Waals surface area (Å²) < 4.78 is 1.58. The fourth-order valence-corrected chi connectivity index (χ4v) is 2.01. The fraction of sp³-hybridized carbons (Fsp3) is 0.545. The van der Waals surface area contributed by atoms with E-state index in [4.69, 9.17) is 0 Å². The highest BCUT2D eigenvalue weighted by atomic mass is 16.2. The summed E-state index contributed by atoms with van der Waals surface area (Å²) in [4.78, 5) is 23.5. The zero-order chi connectivity index (χ0) is 10.8. The molecule has 0 radical (unpaired) electrons. The van der Waals surface area contributed by atoms with Gasteiger partial charge in [-0.3, -0.25) is 14.3 Å². The minimum atomic E-state index is -0.414. The van der Waals surface area contributed by atoms with Gasteiger partial charge in [0.05, 0.1) is 17.7 Å². The first-order valence-electron chi connectivity index (χ1n) is 5.24. The molecule has 1 unspecified atom stereocenters. The van der Waals surface area contributed by atoms with Crippen LogP contribution in [0.4, 0.5) is 0 Å². The van der Waals surface area contributed by atoms with Gasteiger partial charge < -0.3 is 0 Å². The van der Waals surface area contributed by atoms with Crippen molar-refractivity contribution in [3.05, 3.63) is 18.0 Å². The molecule has 0 aliphatic heterocycles. The van der Waals surface area contributed by atoms with E-state index in [2.05, 4.69) is 5.10 Å². The van der Waals surface area contributed by atoms with Gasteiger partial charge in [-0.2, -0.15) is 5.10 Å². The highest BCUT2D eigenvalue weighted by molar-refractivity contribution is 6.10. The SMILES string of the molecule is Cn1cc(C(=O)C2CCCCC2=O)cn1. The van der Waals surface area contributed by atoms with E-state index in [1.165, 1.54) is 6.20 Å². The molecule has 4 nitrogen and oxygen atoms in total. The van der Waals surface area contributed by atoms with Gasteiger partial charge in [0.25, 0.3) is 0 Å². The highest BCUT2D eigenvalue weighted by Gasteiger charge is 2.29. The van der Waals surface area contributed by atoms with Crippen molar-refractivity contribution in [2.24, 2.45) is 13.0 Å². The average Bonchev–Trinajstić information content (AvgIpc) is 2.65. The molecule has 0 N–H and O–H groups in total. The Morgan fingerprint density at radius 2 is 2.33 bits per heavy atom. The number of hydrogen-bond donors (Lipinski definition) is 0. The van der Waals surface area contributed by atoms with Crippen molar-refractivity contribution < 1.29 is 9.59 Å². The molecule has 1 aliphatic carbocycles. The number of nitrogens with zero attached hydrogens (tertiary/aromatic N) is 2. The molecule has 1 heterocycles. The molecular weight excluding hydrogens is 192 g/mol. The van der Waals surface area contributed by atoms with E-state index in [1.807, 2.05) is 0 Å². The smallest absolute Gasteiger partial charge is 0.176 e. The van der Waals surface area contributed by atoms with Crippen LogP contribution in [0.25, 0.3) is 0 Å². The van der Waals surface area contributed by atoms with Gasteiger partial charge >= 0.3 is 0 Å². The van der Waals surface area contributed by atoms with Crippen molar-refractivity contribution in [1.82, 2.24) is 9.78 Å². The highest BCUT2D eigenvalue weighted by Crippen LogP contribution is 2.23. The van der Waals surface area contributed by atoms with Crippen LogP contribution >= 0.6 is 0 Å². The van der Waals surface area contributed by atoms with Crippen LogP contribution < -0.4 is 0 Å². The molecule has 0 amide bonds. The predicted octanol–water partition coefficient (Wildman–Crippen LogP) is 1.36. The van der Waals surface area contributed by atoms with Crippen LogP contribution in [0.2, 0.25) is 0 Å². The second-order valence-electron chi connectivity index (χ2n) is 4.03. The normalized spacial score (nSPS) is 21.7. The van der Waals surface area contributed by atoms with Gasteiger partial charge in [0, 0.05) is 19.7 Å². The van der Waals surface area contributed by atoms with Crippen LogP contribution in [-0.2, 0) is 11.8 Å². The minimum absolute atomic E-state index is 0.0622. The summed E-state index contributed by atoms with van der Waals surface area (Å²) in [5.74, 6) is -0.383.